The van der Waals surface area contributed by atoms with E-state index >= 15 is 35.1 Å². The quantitative estimate of drug-likeness (QED) is 0.0848. The molecule has 0 amide bonds. The summed E-state index contributed by atoms with van der Waals surface area (Å²) in [5.41, 5.74) is 0. The van der Waals surface area contributed by atoms with Crippen molar-refractivity contribution in [2.24, 2.45) is 0 Å². The van der Waals surface area contributed by atoms with Crippen molar-refractivity contribution >= 4 is 30.8 Å². The van der Waals surface area contributed by atoms with Crippen LogP contribution in [0.2, 0.25) is 0 Å². The number of hydrogen-bond donors (Lipinski definition) is 0. The lowest BCUT2D eigenvalue weighted by Crippen LogP contribution is -2.81. The van der Waals surface area contributed by atoms with E-state index < -0.39 is 147 Å². The van der Waals surface area contributed by atoms with Crippen LogP contribution in [0.3, 0.4) is 0 Å². The maximum atomic E-state index is 15.4. The molecule has 0 aliphatic carbocycles. The van der Waals surface area contributed by atoms with Crippen LogP contribution in [0.25, 0.3) is 0 Å². The van der Waals surface area contributed by atoms with Crippen molar-refractivity contribution in [1.29, 1.82) is 0 Å². The van der Waals surface area contributed by atoms with Crippen LogP contribution < -0.4 is 17.7 Å². The molecule has 0 heterocycles. The average molecular weight is 742 g/mol. The van der Waals surface area contributed by atoms with Crippen molar-refractivity contribution in [2.45, 2.75) is 0 Å². The summed E-state index contributed by atoms with van der Waals surface area (Å²) in [6.45, 7) is 0. The Morgan fingerprint density at radius 3 is 0.417 bits per heavy atom. The summed E-state index contributed by atoms with van der Waals surface area (Å²) < 4.78 is 284. The molecular formula is C26H7AlF20O. The SMILES string of the molecule is C[OH+]C.Fc1c(F)c(F)[c]([Al-]([c]2c(F)c(F)c(F)c(F)c2F)([c]2c(F)c(F)c(F)c(F)c2F)[c]2c(F)c(F)c(F)c(F)c2F)c(F)c1F. The molecule has 4 aromatic carbocycles. The van der Waals surface area contributed by atoms with Gasteiger partial charge in [-0.05, 0) is 0 Å². The maximum Gasteiger partial charge on any atom is 0.300 e. The smallest absolute Gasteiger partial charge is 0.300 e. The summed E-state index contributed by atoms with van der Waals surface area (Å²) in [6, 6.07) is 0. The number of hydrogen-bond acceptors (Lipinski definition) is 0. The van der Waals surface area contributed by atoms with Gasteiger partial charge in [-0.2, -0.15) is 0 Å². The summed E-state index contributed by atoms with van der Waals surface area (Å²) in [5, 5.41) is 0. The van der Waals surface area contributed by atoms with E-state index in [1.165, 1.54) is 0 Å². The van der Waals surface area contributed by atoms with E-state index in [1.54, 1.807) is 14.2 Å². The largest absolute Gasteiger partial charge is 0.438 e. The molecule has 1 N–H and O–H groups in total. The molecule has 0 bridgehead atoms. The molecule has 0 aliphatic heterocycles. The lowest BCUT2D eigenvalue weighted by atomic mass is 10.2. The predicted octanol–water partition coefficient (Wildman–Crippen LogP) is 5.62. The van der Waals surface area contributed by atoms with Gasteiger partial charge in [0.1, 0.15) is 60.8 Å². The first kappa shape index (κ1) is 38.4. The van der Waals surface area contributed by atoms with Crippen molar-refractivity contribution in [3.05, 3.63) is 116 Å². The number of benzene rings is 4. The van der Waals surface area contributed by atoms with Gasteiger partial charge in [-0.25, -0.2) is 87.8 Å². The molecule has 0 saturated carbocycles. The third kappa shape index (κ3) is 5.24. The third-order valence-electron chi connectivity index (χ3n) is 6.71. The zero-order valence-electron chi connectivity index (χ0n) is 22.6. The topological polar surface area (TPSA) is 12.8 Å². The van der Waals surface area contributed by atoms with Gasteiger partial charge in [-0.1, -0.05) is 0 Å². The Labute approximate surface area is 254 Å². The van der Waals surface area contributed by atoms with Crippen molar-refractivity contribution < 1.29 is 92.5 Å². The van der Waals surface area contributed by atoms with Gasteiger partial charge < -0.3 is 4.74 Å². The first-order chi connectivity index (χ1) is 22.1. The second-order valence-electron chi connectivity index (χ2n) is 9.25. The molecule has 0 aromatic heterocycles. The van der Waals surface area contributed by atoms with Crippen LogP contribution in [-0.4, -0.2) is 32.0 Å². The van der Waals surface area contributed by atoms with Crippen LogP contribution in [0.1, 0.15) is 0 Å². The Kier molecular flexibility index (Phi) is 10.8. The highest BCUT2D eigenvalue weighted by Gasteiger charge is 2.55. The van der Waals surface area contributed by atoms with E-state index in [-0.39, 0.29) is 0 Å². The van der Waals surface area contributed by atoms with Gasteiger partial charge in [-0.3, -0.25) is 0 Å². The molecule has 0 fully saturated rings. The van der Waals surface area contributed by atoms with E-state index in [4.69, 9.17) is 0 Å². The molecule has 4 aromatic rings. The first-order valence-electron chi connectivity index (χ1n) is 11.8. The highest BCUT2D eigenvalue weighted by atomic mass is 27.2. The molecule has 0 aliphatic rings. The van der Waals surface area contributed by atoms with Crippen LogP contribution in [0.4, 0.5) is 87.8 Å². The third-order valence-corrected chi connectivity index (χ3v) is 12.2. The number of halogens is 20. The average Bonchev–Trinajstić information content (AvgIpc) is 3.04. The molecule has 260 valence electrons. The van der Waals surface area contributed by atoms with Crippen LogP contribution in [-0.2, 0) is 0 Å². The minimum atomic E-state index is -9.08. The summed E-state index contributed by atoms with van der Waals surface area (Å²) in [4.78, 5) is 0. The highest BCUT2D eigenvalue weighted by Crippen LogP contribution is 2.30. The monoisotopic (exact) mass is 742 g/mol. The van der Waals surface area contributed by atoms with Gasteiger partial charge in [0.25, 0.3) is 0 Å². The number of rotatable bonds is 4. The summed E-state index contributed by atoms with van der Waals surface area (Å²) in [5.74, 6) is -70.8. The highest BCUT2D eigenvalue weighted by molar-refractivity contribution is 7.20. The zero-order chi connectivity index (χ0) is 37.1. The lowest BCUT2D eigenvalue weighted by Gasteiger charge is -2.42. The Morgan fingerprint density at radius 2 is 0.312 bits per heavy atom. The Morgan fingerprint density at radius 1 is 0.229 bits per heavy atom. The molecule has 4 rings (SSSR count). The predicted molar refractivity (Wildman–Crippen MR) is 123 cm³/mol. The van der Waals surface area contributed by atoms with Gasteiger partial charge >= 0.3 is 13.1 Å². The first-order valence-corrected chi connectivity index (χ1v) is 14.1. The fraction of sp³-hybridized carbons (Fsp3) is 0.0769. The Hall–Kier alpha value is -4.03. The summed E-state index contributed by atoms with van der Waals surface area (Å²) >= 11 is -9.08. The minimum absolute atomic E-state index is 1.75. The van der Waals surface area contributed by atoms with E-state index in [0.717, 1.165) is 0 Å². The summed E-state index contributed by atoms with van der Waals surface area (Å²) in [7, 11) is 3.50. The zero-order valence-corrected chi connectivity index (χ0v) is 23.7. The van der Waals surface area contributed by atoms with Crippen molar-refractivity contribution in [3.63, 3.8) is 0 Å². The fourth-order valence-electron chi connectivity index (χ4n) is 4.87. The molecule has 0 spiro atoms. The Bertz CT molecular complexity index is 1590. The molecule has 0 atom stereocenters. The van der Waals surface area contributed by atoms with Crippen LogP contribution in [0.5, 0.6) is 0 Å². The second kappa shape index (κ2) is 13.5. The fourth-order valence-corrected chi connectivity index (χ4v) is 10.7. The standard InChI is InChI=1S/4C6F5.C2H6O.Al/c4*7-2-1-3(8)5(10)6(11)4(2)9;1-3-2;/h;;;;1-2H3;/q;;;;;-1/p+1. The Balaban J connectivity index is 0.00000201. The normalized spacial score (nSPS) is 11.6. The minimum Gasteiger partial charge on any atom is -0.438 e. The van der Waals surface area contributed by atoms with Gasteiger partial charge in [-0.15, -0.1) is 17.7 Å². The van der Waals surface area contributed by atoms with Gasteiger partial charge in [0.05, 0.1) is 0 Å². The van der Waals surface area contributed by atoms with Gasteiger partial charge in [0, 0.05) is 0 Å². The van der Waals surface area contributed by atoms with E-state index in [2.05, 4.69) is 4.74 Å². The van der Waals surface area contributed by atoms with Gasteiger partial charge in [0.15, 0.2) is 69.8 Å². The van der Waals surface area contributed by atoms with Crippen molar-refractivity contribution in [2.75, 3.05) is 14.2 Å². The van der Waals surface area contributed by atoms with E-state index in [0.29, 0.717) is 0 Å². The molecule has 22 heteroatoms. The van der Waals surface area contributed by atoms with Gasteiger partial charge in [0.2, 0.25) is 0 Å². The lowest BCUT2D eigenvalue weighted by molar-refractivity contribution is 0.0768. The van der Waals surface area contributed by atoms with Crippen LogP contribution >= 0.6 is 0 Å². The molecule has 1 nitrogen and oxygen atoms in total. The van der Waals surface area contributed by atoms with E-state index in [9.17, 15) is 52.7 Å². The second-order valence-corrected chi connectivity index (χ2v) is 13.3. The molecule has 0 radical (unpaired) electrons. The maximum absolute atomic E-state index is 15.4. The number of ether oxygens (including phenoxy) is 1. The van der Waals surface area contributed by atoms with Crippen molar-refractivity contribution in [1.82, 2.24) is 0 Å². The van der Waals surface area contributed by atoms with Crippen LogP contribution in [0, 0.1) is 116 Å². The van der Waals surface area contributed by atoms with Crippen molar-refractivity contribution in [3.8, 4) is 0 Å². The molecule has 0 saturated heterocycles. The number of aliphatic hydroxyl groups is 2. The molecule has 48 heavy (non-hydrogen) atoms. The van der Waals surface area contributed by atoms with E-state index in [1.807, 2.05) is 0 Å². The van der Waals surface area contributed by atoms with Crippen LogP contribution in [0.15, 0.2) is 0 Å². The summed E-state index contributed by atoms with van der Waals surface area (Å²) in [6.07, 6.45) is 0. The molecular weight excluding hydrogens is 735 g/mol. The molecule has 0 unspecified atom stereocenters.